The van der Waals surface area contributed by atoms with Gasteiger partial charge in [0.2, 0.25) is 0 Å². The minimum atomic E-state index is 0.381. The van der Waals surface area contributed by atoms with Crippen LogP contribution in [0.15, 0.2) is 53.0 Å². The van der Waals surface area contributed by atoms with Crippen molar-refractivity contribution in [3.05, 3.63) is 64.1 Å². The van der Waals surface area contributed by atoms with E-state index in [1.165, 1.54) is 24.0 Å². The third-order valence-electron chi connectivity index (χ3n) is 3.96. The number of nitrogens with one attached hydrogen (secondary N) is 1. The minimum absolute atomic E-state index is 0.381. The van der Waals surface area contributed by atoms with Crippen molar-refractivity contribution < 1.29 is 9.47 Å². The van der Waals surface area contributed by atoms with Crippen LogP contribution in [0.25, 0.3) is 0 Å². The predicted octanol–water partition coefficient (Wildman–Crippen LogP) is 4.30. The van der Waals surface area contributed by atoms with Gasteiger partial charge in [0.25, 0.3) is 0 Å². The summed E-state index contributed by atoms with van der Waals surface area (Å²) in [6.07, 6.45) is 2.74. The lowest BCUT2D eigenvalue weighted by molar-refractivity contribution is 0.110. The van der Waals surface area contributed by atoms with E-state index >= 15 is 0 Å². The Labute approximate surface area is 146 Å². The standard InChI is InChI=1S/C19H22BrNO2/c20-18-11-16(12-21-13-17-7-4-10-22-17)8-9-19(18)23-14-15-5-2-1-3-6-15/h1-3,5-6,8-9,11,17,21H,4,7,10,12-14H2. The lowest BCUT2D eigenvalue weighted by atomic mass is 10.2. The summed E-state index contributed by atoms with van der Waals surface area (Å²) in [4.78, 5) is 0. The molecule has 4 heteroatoms. The zero-order valence-corrected chi connectivity index (χ0v) is 14.7. The molecule has 0 saturated carbocycles. The molecule has 1 atom stereocenters. The van der Waals surface area contributed by atoms with Gasteiger partial charge in [0.1, 0.15) is 12.4 Å². The Morgan fingerprint density at radius 3 is 2.74 bits per heavy atom. The fraction of sp³-hybridized carbons (Fsp3) is 0.368. The Balaban J connectivity index is 1.49. The van der Waals surface area contributed by atoms with Crippen molar-refractivity contribution in [3.8, 4) is 5.75 Å². The fourth-order valence-electron chi connectivity index (χ4n) is 2.69. The normalized spacial score (nSPS) is 17.3. The summed E-state index contributed by atoms with van der Waals surface area (Å²) >= 11 is 3.60. The number of hydrogen-bond acceptors (Lipinski definition) is 3. The van der Waals surface area contributed by atoms with E-state index in [0.717, 1.165) is 29.9 Å². The first kappa shape index (κ1) is 16.5. The zero-order valence-electron chi connectivity index (χ0n) is 13.1. The van der Waals surface area contributed by atoms with Crippen LogP contribution >= 0.6 is 15.9 Å². The highest BCUT2D eigenvalue weighted by Crippen LogP contribution is 2.27. The van der Waals surface area contributed by atoms with Crippen molar-refractivity contribution in [1.29, 1.82) is 0 Å². The maximum absolute atomic E-state index is 5.88. The number of halogens is 1. The van der Waals surface area contributed by atoms with E-state index in [4.69, 9.17) is 9.47 Å². The molecule has 0 amide bonds. The molecule has 0 spiro atoms. The van der Waals surface area contributed by atoms with Crippen LogP contribution in [0.4, 0.5) is 0 Å². The molecule has 0 bridgehead atoms. The Morgan fingerprint density at radius 1 is 1.13 bits per heavy atom. The van der Waals surface area contributed by atoms with Gasteiger partial charge in [0, 0.05) is 19.7 Å². The number of rotatable bonds is 7. The lowest BCUT2D eigenvalue weighted by Gasteiger charge is -2.12. The predicted molar refractivity (Wildman–Crippen MR) is 95.6 cm³/mol. The third-order valence-corrected chi connectivity index (χ3v) is 4.58. The van der Waals surface area contributed by atoms with E-state index in [1.807, 2.05) is 24.3 Å². The molecule has 1 aliphatic rings. The lowest BCUT2D eigenvalue weighted by Crippen LogP contribution is -2.25. The Hall–Kier alpha value is -1.36. The smallest absolute Gasteiger partial charge is 0.134 e. The average molecular weight is 376 g/mol. The molecule has 1 saturated heterocycles. The van der Waals surface area contributed by atoms with Crippen LogP contribution < -0.4 is 10.1 Å². The fourth-order valence-corrected chi connectivity index (χ4v) is 3.23. The molecule has 3 nitrogen and oxygen atoms in total. The molecule has 2 aromatic carbocycles. The van der Waals surface area contributed by atoms with Crippen LogP contribution in [0.1, 0.15) is 24.0 Å². The summed E-state index contributed by atoms with van der Waals surface area (Å²) in [7, 11) is 0. The average Bonchev–Trinajstić information content (AvgIpc) is 3.08. The first-order valence-electron chi connectivity index (χ1n) is 8.09. The second kappa shape index (κ2) is 8.48. The molecule has 3 rings (SSSR count). The van der Waals surface area contributed by atoms with Crippen molar-refractivity contribution >= 4 is 15.9 Å². The highest BCUT2D eigenvalue weighted by molar-refractivity contribution is 9.10. The topological polar surface area (TPSA) is 30.5 Å². The van der Waals surface area contributed by atoms with Crippen LogP contribution in [-0.2, 0) is 17.9 Å². The van der Waals surface area contributed by atoms with E-state index in [2.05, 4.69) is 45.5 Å². The first-order valence-corrected chi connectivity index (χ1v) is 8.88. The first-order chi connectivity index (χ1) is 11.3. The van der Waals surface area contributed by atoms with Gasteiger partial charge in [-0.2, -0.15) is 0 Å². The number of ether oxygens (including phenoxy) is 2. The second-order valence-corrected chi connectivity index (χ2v) is 6.66. The Morgan fingerprint density at radius 2 is 2.00 bits per heavy atom. The highest BCUT2D eigenvalue weighted by atomic mass is 79.9. The maximum Gasteiger partial charge on any atom is 0.134 e. The molecule has 2 aromatic rings. The van der Waals surface area contributed by atoms with E-state index in [9.17, 15) is 0 Å². The maximum atomic E-state index is 5.88. The highest BCUT2D eigenvalue weighted by Gasteiger charge is 2.14. The summed E-state index contributed by atoms with van der Waals surface area (Å²) < 4.78 is 12.5. The third kappa shape index (κ3) is 5.06. The van der Waals surface area contributed by atoms with Gasteiger partial charge in [-0.25, -0.2) is 0 Å². The second-order valence-electron chi connectivity index (χ2n) is 5.80. The van der Waals surface area contributed by atoms with Crippen LogP contribution in [0, 0.1) is 0 Å². The van der Waals surface area contributed by atoms with E-state index < -0.39 is 0 Å². The zero-order chi connectivity index (χ0) is 15.9. The molecule has 1 aliphatic heterocycles. The van der Waals surface area contributed by atoms with Gasteiger partial charge in [-0.1, -0.05) is 36.4 Å². The van der Waals surface area contributed by atoms with Crippen molar-refractivity contribution in [2.75, 3.05) is 13.2 Å². The minimum Gasteiger partial charge on any atom is -0.488 e. The molecule has 23 heavy (non-hydrogen) atoms. The summed E-state index contributed by atoms with van der Waals surface area (Å²) in [5.74, 6) is 0.872. The molecule has 1 unspecified atom stereocenters. The van der Waals surface area contributed by atoms with Crippen LogP contribution in [0.3, 0.4) is 0 Å². The molecular formula is C19H22BrNO2. The SMILES string of the molecule is Brc1cc(CNCC2CCCO2)ccc1OCc1ccccc1. The van der Waals surface area contributed by atoms with Crippen LogP contribution in [0.5, 0.6) is 5.75 Å². The van der Waals surface area contributed by atoms with Gasteiger partial charge >= 0.3 is 0 Å². The van der Waals surface area contributed by atoms with Gasteiger partial charge in [-0.15, -0.1) is 0 Å². The van der Waals surface area contributed by atoms with E-state index in [1.54, 1.807) is 0 Å². The van der Waals surface area contributed by atoms with Gasteiger partial charge in [-0.05, 0) is 52.0 Å². The van der Waals surface area contributed by atoms with Gasteiger partial charge in [0.15, 0.2) is 0 Å². The van der Waals surface area contributed by atoms with Crippen molar-refractivity contribution in [3.63, 3.8) is 0 Å². The van der Waals surface area contributed by atoms with Crippen molar-refractivity contribution in [1.82, 2.24) is 5.32 Å². The van der Waals surface area contributed by atoms with E-state index in [0.29, 0.717) is 12.7 Å². The molecular weight excluding hydrogens is 354 g/mol. The summed E-state index contributed by atoms with van der Waals surface area (Å²) in [6.45, 7) is 3.25. The van der Waals surface area contributed by atoms with Crippen molar-refractivity contribution in [2.24, 2.45) is 0 Å². The molecule has 1 heterocycles. The quantitative estimate of drug-likeness (QED) is 0.782. The molecule has 1 N–H and O–H groups in total. The molecule has 1 fully saturated rings. The van der Waals surface area contributed by atoms with E-state index in [-0.39, 0.29) is 0 Å². The Bertz CT molecular complexity index is 612. The van der Waals surface area contributed by atoms with Crippen LogP contribution in [0.2, 0.25) is 0 Å². The van der Waals surface area contributed by atoms with Gasteiger partial charge < -0.3 is 14.8 Å². The number of benzene rings is 2. The summed E-state index contributed by atoms with van der Waals surface area (Å²) in [5.41, 5.74) is 2.41. The molecule has 0 aliphatic carbocycles. The summed E-state index contributed by atoms with van der Waals surface area (Å²) in [5, 5.41) is 3.46. The van der Waals surface area contributed by atoms with Crippen molar-refractivity contribution in [2.45, 2.75) is 32.1 Å². The summed E-state index contributed by atoms with van der Waals surface area (Å²) in [6, 6.07) is 16.4. The molecule has 0 aromatic heterocycles. The van der Waals surface area contributed by atoms with Gasteiger partial charge in [0.05, 0.1) is 10.6 Å². The van der Waals surface area contributed by atoms with Gasteiger partial charge in [-0.3, -0.25) is 0 Å². The largest absolute Gasteiger partial charge is 0.488 e. The monoisotopic (exact) mass is 375 g/mol. The molecule has 0 radical (unpaired) electrons. The number of hydrogen-bond donors (Lipinski definition) is 1. The Kier molecular flexibility index (Phi) is 6.08. The van der Waals surface area contributed by atoms with Crippen LogP contribution in [-0.4, -0.2) is 19.3 Å². The molecule has 122 valence electrons.